The van der Waals surface area contributed by atoms with Crippen molar-refractivity contribution in [2.24, 2.45) is 0 Å². The molecule has 0 unspecified atom stereocenters. The van der Waals surface area contributed by atoms with Crippen molar-refractivity contribution in [3.05, 3.63) is 82.5 Å². The van der Waals surface area contributed by atoms with E-state index in [1.165, 1.54) is 0 Å². The molecule has 0 aliphatic heterocycles. The lowest BCUT2D eigenvalue weighted by Gasteiger charge is -2.09. The molecule has 0 saturated heterocycles. The summed E-state index contributed by atoms with van der Waals surface area (Å²) < 4.78 is 5.83. The summed E-state index contributed by atoms with van der Waals surface area (Å²) in [5.74, 6) is 0.656. The van der Waals surface area contributed by atoms with E-state index >= 15 is 0 Å². The van der Waals surface area contributed by atoms with Crippen LogP contribution in [0.5, 0.6) is 5.75 Å². The van der Waals surface area contributed by atoms with Crippen LogP contribution in [0.2, 0.25) is 0 Å². The lowest BCUT2D eigenvalue weighted by Crippen LogP contribution is -1.99. The quantitative estimate of drug-likeness (QED) is 0.571. The third-order valence-corrected chi connectivity index (χ3v) is 3.45. The number of hydrogen-bond acceptors (Lipinski definition) is 3. The average molecular weight is 294 g/mol. The molecule has 0 saturated carbocycles. The van der Waals surface area contributed by atoms with Gasteiger partial charge in [0.05, 0.1) is 16.0 Å². The van der Waals surface area contributed by atoms with Gasteiger partial charge in [0.2, 0.25) is 0 Å². The second kappa shape index (κ2) is 5.73. The summed E-state index contributed by atoms with van der Waals surface area (Å²) in [6.45, 7) is 3.96. The van der Waals surface area contributed by atoms with Crippen molar-refractivity contribution in [1.29, 1.82) is 0 Å². The fraction of sp³-hybridized carbons (Fsp3) is 0.0588. The van der Waals surface area contributed by atoms with Gasteiger partial charge in [-0.05, 0) is 30.3 Å². The number of ether oxygens (including phenoxy) is 1. The van der Waals surface area contributed by atoms with Gasteiger partial charge in [0.15, 0.2) is 0 Å². The standard InChI is InChI=1S/C17H14N2O3/c1-12(19(20)21)14-7-8-16(17-15(14)9-10-18-17)22-11-13-5-3-2-4-6-13/h2-10,18H,1,11H2. The molecule has 0 amide bonds. The number of nitro groups is 1. The van der Waals surface area contributed by atoms with Crippen LogP contribution < -0.4 is 4.74 Å². The smallest absolute Gasteiger partial charge is 0.270 e. The fourth-order valence-corrected chi connectivity index (χ4v) is 2.34. The Hall–Kier alpha value is -3.08. The van der Waals surface area contributed by atoms with Crippen molar-refractivity contribution in [2.45, 2.75) is 6.61 Å². The first-order chi connectivity index (χ1) is 10.7. The van der Waals surface area contributed by atoms with Gasteiger partial charge in [0.25, 0.3) is 5.70 Å². The van der Waals surface area contributed by atoms with E-state index in [0.29, 0.717) is 17.9 Å². The van der Waals surface area contributed by atoms with Gasteiger partial charge < -0.3 is 9.72 Å². The van der Waals surface area contributed by atoms with Gasteiger partial charge in [-0.2, -0.15) is 0 Å². The molecule has 110 valence electrons. The van der Waals surface area contributed by atoms with Gasteiger partial charge >= 0.3 is 0 Å². The Morgan fingerprint density at radius 2 is 1.95 bits per heavy atom. The number of fused-ring (bicyclic) bond motifs is 1. The van der Waals surface area contributed by atoms with Crippen LogP contribution in [0.15, 0.2) is 61.3 Å². The Balaban J connectivity index is 1.92. The molecule has 22 heavy (non-hydrogen) atoms. The molecule has 0 aliphatic rings. The molecule has 3 rings (SSSR count). The maximum atomic E-state index is 10.9. The van der Waals surface area contributed by atoms with Gasteiger partial charge in [-0.15, -0.1) is 0 Å². The molecule has 2 aromatic carbocycles. The summed E-state index contributed by atoms with van der Waals surface area (Å²) >= 11 is 0. The highest BCUT2D eigenvalue weighted by atomic mass is 16.6. The summed E-state index contributed by atoms with van der Waals surface area (Å²) in [5, 5.41) is 11.7. The van der Waals surface area contributed by atoms with E-state index in [-0.39, 0.29) is 5.70 Å². The minimum absolute atomic E-state index is 0.126. The lowest BCUT2D eigenvalue weighted by molar-refractivity contribution is -0.374. The number of H-pyrrole nitrogens is 1. The minimum atomic E-state index is -0.480. The van der Waals surface area contributed by atoms with Crippen LogP contribution in [0.4, 0.5) is 0 Å². The first kappa shape index (κ1) is 13.9. The number of benzene rings is 2. The number of aromatic nitrogens is 1. The fourth-order valence-electron chi connectivity index (χ4n) is 2.34. The Morgan fingerprint density at radius 1 is 1.18 bits per heavy atom. The number of nitrogens with zero attached hydrogens (tertiary/aromatic N) is 1. The van der Waals surface area contributed by atoms with Crippen LogP contribution in [0, 0.1) is 10.1 Å². The van der Waals surface area contributed by atoms with Crippen LogP contribution >= 0.6 is 0 Å². The third kappa shape index (κ3) is 2.56. The van der Waals surface area contributed by atoms with E-state index in [9.17, 15) is 10.1 Å². The van der Waals surface area contributed by atoms with Gasteiger partial charge in [0, 0.05) is 11.6 Å². The van der Waals surface area contributed by atoms with Crippen LogP contribution in [0.1, 0.15) is 11.1 Å². The van der Waals surface area contributed by atoms with E-state index in [2.05, 4.69) is 11.6 Å². The van der Waals surface area contributed by atoms with Gasteiger partial charge in [-0.1, -0.05) is 30.3 Å². The van der Waals surface area contributed by atoms with Crippen molar-refractivity contribution in [2.75, 3.05) is 0 Å². The lowest BCUT2D eigenvalue weighted by atomic mass is 10.1. The van der Waals surface area contributed by atoms with Crippen LogP contribution in [0.3, 0.4) is 0 Å². The van der Waals surface area contributed by atoms with E-state index < -0.39 is 4.92 Å². The predicted octanol–water partition coefficient (Wildman–Crippen LogP) is 3.99. The summed E-state index contributed by atoms with van der Waals surface area (Å²) in [4.78, 5) is 13.5. The highest BCUT2D eigenvalue weighted by molar-refractivity contribution is 5.94. The van der Waals surface area contributed by atoms with Gasteiger partial charge in [-0.25, -0.2) is 0 Å². The van der Waals surface area contributed by atoms with Crippen LogP contribution in [0.25, 0.3) is 16.6 Å². The zero-order chi connectivity index (χ0) is 15.5. The molecule has 0 radical (unpaired) electrons. The van der Waals surface area contributed by atoms with Crippen LogP contribution in [-0.4, -0.2) is 9.91 Å². The molecule has 1 N–H and O–H groups in total. The summed E-state index contributed by atoms with van der Waals surface area (Å²) in [6.07, 6.45) is 1.73. The number of nitrogens with one attached hydrogen (secondary N) is 1. The number of hydrogen-bond donors (Lipinski definition) is 1. The molecule has 1 aromatic heterocycles. The average Bonchev–Trinajstić information content (AvgIpc) is 3.02. The number of aromatic amines is 1. The first-order valence-electron chi connectivity index (χ1n) is 6.77. The predicted molar refractivity (Wildman–Crippen MR) is 85.1 cm³/mol. The van der Waals surface area contributed by atoms with Crippen molar-refractivity contribution in [3.63, 3.8) is 0 Å². The Kier molecular flexibility index (Phi) is 3.62. The topological polar surface area (TPSA) is 68.2 Å². The molecular weight excluding hydrogens is 280 g/mol. The third-order valence-electron chi connectivity index (χ3n) is 3.45. The SMILES string of the molecule is C=C(c1ccc(OCc2ccccc2)c2[nH]ccc12)[N+](=O)[O-]. The Labute approximate surface area is 127 Å². The Bertz CT molecular complexity index is 837. The second-order valence-electron chi connectivity index (χ2n) is 4.86. The number of rotatable bonds is 5. The molecule has 3 aromatic rings. The van der Waals surface area contributed by atoms with E-state index in [4.69, 9.17) is 4.74 Å². The Morgan fingerprint density at radius 3 is 2.68 bits per heavy atom. The van der Waals surface area contributed by atoms with E-state index in [0.717, 1.165) is 16.5 Å². The zero-order valence-corrected chi connectivity index (χ0v) is 11.8. The van der Waals surface area contributed by atoms with Crippen LogP contribution in [-0.2, 0) is 6.61 Å². The molecule has 5 nitrogen and oxygen atoms in total. The van der Waals surface area contributed by atoms with Crippen molar-refractivity contribution in [1.82, 2.24) is 4.98 Å². The maximum absolute atomic E-state index is 10.9. The molecule has 1 heterocycles. The molecule has 0 aliphatic carbocycles. The molecule has 0 atom stereocenters. The highest BCUT2D eigenvalue weighted by Gasteiger charge is 2.17. The maximum Gasteiger partial charge on any atom is 0.270 e. The molecule has 5 heteroatoms. The normalized spacial score (nSPS) is 10.5. The largest absolute Gasteiger partial charge is 0.487 e. The highest BCUT2D eigenvalue weighted by Crippen LogP contribution is 2.31. The molecule has 0 spiro atoms. The van der Waals surface area contributed by atoms with Crippen molar-refractivity contribution < 1.29 is 9.66 Å². The zero-order valence-electron chi connectivity index (χ0n) is 11.8. The van der Waals surface area contributed by atoms with Crippen molar-refractivity contribution in [3.8, 4) is 5.75 Å². The van der Waals surface area contributed by atoms with Gasteiger partial charge in [0.1, 0.15) is 12.4 Å². The summed E-state index contributed by atoms with van der Waals surface area (Å²) in [5.41, 5.74) is 2.16. The minimum Gasteiger partial charge on any atom is -0.487 e. The summed E-state index contributed by atoms with van der Waals surface area (Å²) in [7, 11) is 0. The molecular formula is C17H14N2O3. The van der Waals surface area contributed by atoms with E-state index in [1.807, 2.05) is 30.3 Å². The second-order valence-corrected chi connectivity index (χ2v) is 4.86. The van der Waals surface area contributed by atoms with Crippen molar-refractivity contribution >= 4 is 16.6 Å². The monoisotopic (exact) mass is 294 g/mol. The van der Waals surface area contributed by atoms with Gasteiger partial charge in [-0.3, -0.25) is 10.1 Å². The van der Waals surface area contributed by atoms with E-state index in [1.54, 1.807) is 24.4 Å². The molecule has 0 bridgehead atoms. The molecule has 0 fully saturated rings. The first-order valence-corrected chi connectivity index (χ1v) is 6.77. The summed E-state index contributed by atoms with van der Waals surface area (Å²) in [6, 6.07) is 15.0.